The first-order valence-electron chi connectivity index (χ1n) is 9.12. The fourth-order valence-electron chi connectivity index (χ4n) is 3.01. The van der Waals surface area contributed by atoms with Crippen LogP contribution in [0.1, 0.15) is 22.3 Å². The van der Waals surface area contributed by atoms with E-state index in [2.05, 4.69) is 10.3 Å². The van der Waals surface area contributed by atoms with E-state index in [0.29, 0.717) is 23.1 Å². The van der Waals surface area contributed by atoms with Crippen molar-refractivity contribution >= 4 is 16.9 Å². The smallest absolute Gasteiger partial charge is 0.265 e. The average molecular weight is 382 g/mol. The van der Waals surface area contributed by atoms with Crippen molar-refractivity contribution in [3.63, 3.8) is 0 Å². The lowest BCUT2D eigenvalue weighted by atomic mass is 10.1. The van der Waals surface area contributed by atoms with Gasteiger partial charge in [0.2, 0.25) is 0 Å². The quantitative estimate of drug-likeness (QED) is 0.637. The van der Waals surface area contributed by atoms with Gasteiger partial charge in [0.05, 0.1) is 6.54 Å². The van der Waals surface area contributed by atoms with E-state index in [-0.39, 0.29) is 12.1 Å². The van der Waals surface area contributed by atoms with Crippen molar-refractivity contribution in [3.8, 4) is 0 Å². The van der Waals surface area contributed by atoms with E-state index < -0.39 is 17.3 Å². The Bertz CT molecular complexity index is 1050. The van der Waals surface area contributed by atoms with Crippen molar-refractivity contribution < 1.29 is 9.18 Å². The van der Waals surface area contributed by atoms with E-state index in [1.165, 1.54) is 10.6 Å². The molecule has 0 saturated carbocycles. The van der Waals surface area contributed by atoms with Crippen LogP contribution in [0.25, 0.3) is 11.0 Å². The number of fused-ring (bicyclic) bond motifs is 1. The lowest BCUT2D eigenvalue weighted by molar-refractivity contribution is 0.0950. The molecule has 7 heteroatoms. The highest BCUT2D eigenvalue weighted by atomic mass is 19.1. The number of nitrogens with zero attached hydrogens (tertiary/aromatic N) is 3. The van der Waals surface area contributed by atoms with E-state index >= 15 is 0 Å². The highest BCUT2D eigenvalue weighted by Gasteiger charge is 2.17. The standard InChI is InChI=1S/C21H23FN4O2/c1-25(2)12-6-11-24-20(27)17-13-15-8-5-10-23-19(15)26(21(17)28)14-16-7-3-4-9-18(16)22/h3-5,7-10,13H,6,11-12,14H2,1-2H3,(H,24,27). The minimum absolute atomic E-state index is 0.000763. The maximum Gasteiger partial charge on any atom is 0.265 e. The van der Waals surface area contributed by atoms with Gasteiger partial charge in [-0.15, -0.1) is 0 Å². The van der Waals surface area contributed by atoms with Gasteiger partial charge in [0.1, 0.15) is 17.0 Å². The third-order valence-electron chi connectivity index (χ3n) is 4.45. The Morgan fingerprint density at radius 3 is 2.75 bits per heavy atom. The van der Waals surface area contributed by atoms with Gasteiger partial charge in [-0.05, 0) is 51.3 Å². The van der Waals surface area contributed by atoms with Crippen molar-refractivity contribution in [2.75, 3.05) is 27.2 Å². The van der Waals surface area contributed by atoms with Gasteiger partial charge in [-0.25, -0.2) is 9.37 Å². The van der Waals surface area contributed by atoms with Gasteiger partial charge >= 0.3 is 0 Å². The van der Waals surface area contributed by atoms with Gasteiger partial charge in [-0.3, -0.25) is 14.2 Å². The molecule has 0 bridgehead atoms. The molecule has 28 heavy (non-hydrogen) atoms. The third kappa shape index (κ3) is 4.43. The molecule has 1 amide bonds. The molecule has 0 unspecified atom stereocenters. The molecule has 2 heterocycles. The van der Waals surface area contributed by atoms with E-state index in [4.69, 9.17) is 0 Å². The highest BCUT2D eigenvalue weighted by molar-refractivity contribution is 5.96. The zero-order valence-electron chi connectivity index (χ0n) is 16.0. The number of hydrogen-bond donors (Lipinski definition) is 1. The van der Waals surface area contributed by atoms with Crippen LogP contribution in [0.3, 0.4) is 0 Å². The zero-order valence-corrected chi connectivity index (χ0v) is 16.0. The van der Waals surface area contributed by atoms with Gasteiger partial charge in [-0.1, -0.05) is 18.2 Å². The van der Waals surface area contributed by atoms with Crippen LogP contribution in [0.2, 0.25) is 0 Å². The number of benzene rings is 1. The summed E-state index contributed by atoms with van der Waals surface area (Å²) in [5, 5.41) is 3.44. The second kappa shape index (κ2) is 8.75. The number of carbonyl (C=O) groups is 1. The van der Waals surface area contributed by atoms with Gasteiger partial charge in [-0.2, -0.15) is 0 Å². The molecule has 6 nitrogen and oxygen atoms in total. The summed E-state index contributed by atoms with van der Waals surface area (Å²) in [5.41, 5.74) is 0.321. The summed E-state index contributed by atoms with van der Waals surface area (Å²) in [6.07, 6.45) is 2.35. The van der Waals surface area contributed by atoms with Crippen molar-refractivity contribution in [2.45, 2.75) is 13.0 Å². The summed E-state index contributed by atoms with van der Waals surface area (Å²) in [6, 6.07) is 11.3. The van der Waals surface area contributed by atoms with Gasteiger partial charge < -0.3 is 10.2 Å². The van der Waals surface area contributed by atoms with E-state index in [9.17, 15) is 14.0 Å². The molecular formula is C21H23FN4O2. The largest absolute Gasteiger partial charge is 0.352 e. The molecule has 0 aliphatic heterocycles. The molecule has 0 radical (unpaired) electrons. The summed E-state index contributed by atoms with van der Waals surface area (Å²) in [7, 11) is 3.92. The van der Waals surface area contributed by atoms with E-state index in [1.807, 2.05) is 19.0 Å². The maximum absolute atomic E-state index is 14.1. The van der Waals surface area contributed by atoms with Crippen molar-refractivity contribution in [3.05, 3.63) is 76.0 Å². The molecule has 0 fully saturated rings. The van der Waals surface area contributed by atoms with Crippen LogP contribution < -0.4 is 10.9 Å². The fourth-order valence-corrected chi connectivity index (χ4v) is 3.01. The Balaban J connectivity index is 1.96. The number of halogens is 1. The molecule has 2 aromatic heterocycles. The minimum atomic E-state index is -0.487. The van der Waals surface area contributed by atoms with E-state index in [0.717, 1.165) is 13.0 Å². The number of aromatic nitrogens is 2. The zero-order chi connectivity index (χ0) is 20.1. The molecule has 1 N–H and O–H groups in total. The molecule has 0 atom stereocenters. The molecule has 1 aromatic carbocycles. The first kappa shape index (κ1) is 19.7. The van der Waals surface area contributed by atoms with Crippen molar-refractivity contribution in [2.24, 2.45) is 0 Å². The molecule has 146 valence electrons. The number of carbonyl (C=O) groups excluding carboxylic acids is 1. The summed E-state index contributed by atoms with van der Waals surface area (Å²) < 4.78 is 15.5. The van der Waals surface area contributed by atoms with Crippen LogP contribution in [0.5, 0.6) is 0 Å². The third-order valence-corrected chi connectivity index (χ3v) is 4.45. The molecule has 0 saturated heterocycles. The summed E-state index contributed by atoms with van der Waals surface area (Å²) in [4.78, 5) is 31.9. The Kier molecular flexibility index (Phi) is 6.16. The van der Waals surface area contributed by atoms with Crippen LogP contribution >= 0.6 is 0 Å². The summed E-state index contributed by atoms with van der Waals surface area (Å²) in [6.45, 7) is 1.30. The molecular weight excluding hydrogens is 359 g/mol. The number of hydrogen-bond acceptors (Lipinski definition) is 4. The van der Waals surface area contributed by atoms with Crippen LogP contribution in [0.15, 0.2) is 53.5 Å². The van der Waals surface area contributed by atoms with Crippen LogP contribution in [-0.4, -0.2) is 47.5 Å². The first-order valence-corrected chi connectivity index (χ1v) is 9.12. The number of pyridine rings is 2. The Hall–Kier alpha value is -3.06. The SMILES string of the molecule is CN(C)CCCNC(=O)c1cc2cccnc2n(Cc2ccccc2F)c1=O. The van der Waals surface area contributed by atoms with E-state index in [1.54, 1.807) is 42.6 Å². The molecule has 0 spiro atoms. The predicted molar refractivity (Wildman–Crippen MR) is 107 cm³/mol. The number of nitrogens with one attached hydrogen (secondary N) is 1. The topological polar surface area (TPSA) is 67.2 Å². The highest BCUT2D eigenvalue weighted by Crippen LogP contribution is 2.14. The molecule has 0 aliphatic rings. The minimum Gasteiger partial charge on any atom is -0.352 e. The molecule has 3 aromatic rings. The molecule has 3 rings (SSSR count). The summed E-state index contributed by atoms with van der Waals surface area (Å²) in [5.74, 6) is -0.839. The fraction of sp³-hybridized carbons (Fsp3) is 0.286. The van der Waals surface area contributed by atoms with Crippen LogP contribution in [0.4, 0.5) is 4.39 Å². The Labute approximate surface area is 162 Å². The van der Waals surface area contributed by atoms with Crippen molar-refractivity contribution in [1.29, 1.82) is 0 Å². The van der Waals surface area contributed by atoms with Crippen LogP contribution in [-0.2, 0) is 6.54 Å². The summed E-state index contributed by atoms with van der Waals surface area (Å²) >= 11 is 0. The molecule has 0 aliphatic carbocycles. The van der Waals surface area contributed by atoms with Gasteiger partial charge in [0, 0.05) is 23.7 Å². The first-order chi connectivity index (χ1) is 13.5. The maximum atomic E-state index is 14.1. The van der Waals surface area contributed by atoms with Crippen molar-refractivity contribution in [1.82, 2.24) is 19.8 Å². The number of rotatable bonds is 7. The Morgan fingerprint density at radius 1 is 1.21 bits per heavy atom. The predicted octanol–water partition coefficient (Wildman–Crippen LogP) is 2.27. The monoisotopic (exact) mass is 382 g/mol. The van der Waals surface area contributed by atoms with Gasteiger partial charge in [0.25, 0.3) is 11.5 Å². The van der Waals surface area contributed by atoms with Crippen LogP contribution in [0, 0.1) is 5.82 Å². The lowest BCUT2D eigenvalue weighted by Gasteiger charge is -2.13. The number of amides is 1. The normalized spacial score (nSPS) is 11.1. The van der Waals surface area contributed by atoms with Gasteiger partial charge in [0.15, 0.2) is 0 Å². The second-order valence-corrected chi connectivity index (χ2v) is 6.87. The Morgan fingerprint density at radius 2 is 2.00 bits per heavy atom. The lowest BCUT2D eigenvalue weighted by Crippen LogP contribution is -2.34. The average Bonchev–Trinajstić information content (AvgIpc) is 2.68. The second-order valence-electron chi connectivity index (χ2n) is 6.87.